The van der Waals surface area contributed by atoms with Gasteiger partial charge in [0.25, 0.3) is 5.91 Å². The highest BCUT2D eigenvalue weighted by Gasteiger charge is 2.10. The number of amides is 1. The number of nitrogens with zero attached hydrogens (tertiary/aromatic N) is 4. The summed E-state index contributed by atoms with van der Waals surface area (Å²) < 4.78 is 7.31. The van der Waals surface area contributed by atoms with Gasteiger partial charge in [-0.1, -0.05) is 38.1 Å². The Morgan fingerprint density at radius 3 is 2.74 bits per heavy atom. The molecule has 0 radical (unpaired) electrons. The molecule has 3 rings (SSSR count). The van der Waals surface area contributed by atoms with E-state index in [-0.39, 0.29) is 12.5 Å². The van der Waals surface area contributed by atoms with Crippen LogP contribution in [0.1, 0.15) is 30.9 Å². The summed E-state index contributed by atoms with van der Waals surface area (Å²) in [5.74, 6) is 1.54. The van der Waals surface area contributed by atoms with Gasteiger partial charge in [-0.15, -0.1) is 5.10 Å². The fourth-order valence-corrected chi connectivity index (χ4v) is 2.68. The van der Waals surface area contributed by atoms with E-state index >= 15 is 0 Å². The zero-order valence-electron chi connectivity index (χ0n) is 15.9. The van der Waals surface area contributed by atoms with E-state index in [1.165, 1.54) is 5.56 Å². The molecule has 2 aromatic carbocycles. The summed E-state index contributed by atoms with van der Waals surface area (Å²) in [7, 11) is 1.77. The Hall–Kier alpha value is -3.22. The predicted octanol–water partition coefficient (Wildman–Crippen LogP) is 3.33. The SMILES string of the molecule is Cc1ccc(C(C)C)cc1OCC(=O)Nc1cccc(-c2nnnn2C)c1. The van der Waals surface area contributed by atoms with Gasteiger partial charge in [0.05, 0.1) is 0 Å². The molecule has 1 heterocycles. The van der Waals surface area contributed by atoms with Gasteiger partial charge in [-0.2, -0.15) is 0 Å². The smallest absolute Gasteiger partial charge is 0.262 e. The maximum absolute atomic E-state index is 12.3. The molecule has 0 saturated carbocycles. The van der Waals surface area contributed by atoms with Crippen molar-refractivity contribution in [1.82, 2.24) is 20.2 Å². The normalized spacial score (nSPS) is 10.9. The Labute approximate surface area is 158 Å². The minimum absolute atomic E-state index is 0.0574. The summed E-state index contributed by atoms with van der Waals surface area (Å²) in [6.07, 6.45) is 0. The van der Waals surface area contributed by atoms with Crippen molar-refractivity contribution in [2.45, 2.75) is 26.7 Å². The predicted molar refractivity (Wildman–Crippen MR) is 104 cm³/mol. The second kappa shape index (κ2) is 7.99. The number of nitrogens with one attached hydrogen (secondary N) is 1. The molecule has 7 heteroatoms. The van der Waals surface area contributed by atoms with Crippen LogP contribution in [-0.2, 0) is 11.8 Å². The first kappa shape index (κ1) is 18.6. The van der Waals surface area contributed by atoms with Gasteiger partial charge in [0, 0.05) is 18.3 Å². The molecule has 140 valence electrons. The number of aromatic nitrogens is 4. The lowest BCUT2D eigenvalue weighted by molar-refractivity contribution is -0.118. The number of anilines is 1. The van der Waals surface area contributed by atoms with Gasteiger partial charge >= 0.3 is 0 Å². The van der Waals surface area contributed by atoms with Gasteiger partial charge in [-0.25, -0.2) is 4.68 Å². The van der Waals surface area contributed by atoms with Crippen molar-refractivity contribution >= 4 is 11.6 Å². The highest BCUT2D eigenvalue weighted by atomic mass is 16.5. The summed E-state index contributed by atoms with van der Waals surface area (Å²) in [4.78, 5) is 12.3. The van der Waals surface area contributed by atoms with Gasteiger partial charge in [-0.05, 0) is 52.6 Å². The highest BCUT2D eigenvalue weighted by Crippen LogP contribution is 2.24. The average molecular weight is 365 g/mol. The molecule has 0 fully saturated rings. The van der Waals surface area contributed by atoms with Crippen LogP contribution in [-0.4, -0.2) is 32.7 Å². The van der Waals surface area contributed by atoms with E-state index in [1.54, 1.807) is 11.7 Å². The maximum atomic E-state index is 12.3. The molecule has 0 spiro atoms. The van der Waals surface area contributed by atoms with Crippen LogP contribution in [0.25, 0.3) is 11.4 Å². The zero-order chi connectivity index (χ0) is 19.4. The lowest BCUT2D eigenvalue weighted by Gasteiger charge is -2.13. The first-order valence-corrected chi connectivity index (χ1v) is 8.80. The zero-order valence-corrected chi connectivity index (χ0v) is 15.9. The Morgan fingerprint density at radius 2 is 2.04 bits per heavy atom. The number of hydrogen-bond donors (Lipinski definition) is 1. The van der Waals surface area contributed by atoms with Gasteiger partial charge < -0.3 is 10.1 Å². The summed E-state index contributed by atoms with van der Waals surface area (Å²) in [6.45, 7) is 6.16. The third-order valence-corrected chi connectivity index (χ3v) is 4.26. The molecule has 27 heavy (non-hydrogen) atoms. The van der Waals surface area contributed by atoms with Gasteiger partial charge in [0.15, 0.2) is 12.4 Å². The van der Waals surface area contributed by atoms with E-state index < -0.39 is 0 Å². The summed E-state index contributed by atoms with van der Waals surface area (Å²) >= 11 is 0. The van der Waals surface area contributed by atoms with E-state index in [4.69, 9.17) is 4.74 Å². The number of hydrogen-bond acceptors (Lipinski definition) is 5. The van der Waals surface area contributed by atoms with Crippen LogP contribution in [0.15, 0.2) is 42.5 Å². The minimum Gasteiger partial charge on any atom is -0.483 e. The third-order valence-electron chi connectivity index (χ3n) is 4.26. The monoisotopic (exact) mass is 365 g/mol. The highest BCUT2D eigenvalue weighted by molar-refractivity contribution is 5.92. The second-order valence-corrected chi connectivity index (χ2v) is 6.72. The number of carbonyl (C=O) groups excluding carboxylic acids is 1. The van der Waals surface area contributed by atoms with Crippen molar-refractivity contribution in [3.63, 3.8) is 0 Å². The van der Waals surface area contributed by atoms with Gasteiger partial charge in [0.1, 0.15) is 5.75 Å². The molecule has 1 amide bonds. The lowest BCUT2D eigenvalue weighted by atomic mass is 10.0. The van der Waals surface area contributed by atoms with Crippen LogP contribution in [0.5, 0.6) is 5.75 Å². The number of aryl methyl sites for hydroxylation is 2. The van der Waals surface area contributed by atoms with Crippen LogP contribution in [0.2, 0.25) is 0 Å². The Bertz CT molecular complexity index is 949. The van der Waals surface area contributed by atoms with E-state index in [9.17, 15) is 4.79 Å². The quantitative estimate of drug-likeness (QED) is 0.724. The molecule has 0 unspecified atom stereocenters. The van der Waals surface area contributed by atoms with Crippen molar-refractivity contribution in [1.29, 1.82) is 0 Å². The largest absolute Gasteiger partial charge is 0.483 e. The van der Waals surface area contributed by atoms with Crippen molar-refractivity contribution in [3.8, 4) is 17.1 Å². The number of benzene rings is 2. The fraction of sp³-hybridized carbons (Fsp3) is 0.300. The molecule has 0 aliphatic carbocycles. The molecule has 0 atom stereocenters. The van der Waals surface area contributed by atoms with E-state index in [0.717, 1.165) is 16.9 Å². The number of rotatable bonds is 6. The van der Waals surface area contributed by atoms with Crippen LogP contribution in [0.4, 0.5) is 5.69 Å². The molecular formula is C20H23N5O2. The average Bonchev–Trinajstić information content (AvgIpc) is 3.07. The molecular weight excluding hydrogens is 342 g/mol. The molecule has 0 aliphatic heterocycles. The standard InChI is InChI=1S/C20H23N5O2/c1-13(2)15-9-8-14(3)18(11-15)27-12-19(26)21-17-7-5-6-16(10-17)20-22-23-24-25(20)4/h5-11,13H,12H2,1-4H3,(H,21,26). The molecule has 7 nitrogen and oxygen atoms in total. The van der Waals surface area contributed by atoms with Crippen molar-refractivity contribution in [2.75, 3.05) is 11.9 Å². The van der Waals surface area contributed by atoms with Gasteiger partial charge in [0.2, 0.25) is 0 Å². The van der Waals surface area contributed by atoms with Crippen LogP contribution in [0, 0.1) is 6.92 Å². The van der Waals surface area contributed by atoms with Crippen LogP contribution < -0.4 is 10.1 Å². The molecule has 0 bridgehead atoms. The molecule has 1 N–H and O–H groups in total. The second-order valence-electron chi connectivity index (χ2n) is 6.72. The Kier molecular flexibility index (Phi) is 5.49. The van der Waals surface area contributed by atoms with E-state index in [2.05, 4.69) is 40.8 Å². The van der Waals surface area contributed by atoms with E-state index in [0.29, 0.717) is 17.4 Å². The summed E-state index contributed by atoms with van der Waals surface area (Å²) in [5, 5.41) is 14.3. The summed E-state index contributed by atoms with van der Waals surface area (Å²) in [5.41, 5.74) is 3.67. The maximum Gasteiger partial charge on any atom is 0.262 e. The molecule has 0 aliphatic rings. The van der Waals surface area contributed by atoms with Crippen molar-refractivity contribution < 1.29 is 9.53 Å². The summed E-state index contributed by atoms with van der Waals surface area (Å²) in [6, 6.07) is 13.5. The molecule has 1 aromatic heterocycles. The lowest BCUT2D eigenvalue weighted by Crippen LogP contribution is -2.20. The number of tetrazole rings is 1. The van der Waals surface area contributed by atoms with Crippen molar-refractivity contribution in [3.05, 3.63) is 53.6 Å². The van der Waals surface area contributed by atoms with E-state index in [1.807, 2.05) is 43.3 Å². The number of ether oxygens (including phenoxy) is 1. The Balaban J connectivity index is 1.65. The number of carbonyl (C=O) groups is 1. The molecule has 3 aromatic rings. The minimum atomic E-state index is -0.224. The first-order valence-electron chi connectivity index (χ1n) is 8.80. The first-order chi connectivity index (χ1) is 12.9. The van der Waals surface area contributed by atoms with Crippen molar-refractivity contribution in [2.24, 2.45) is 7.05 Å². The Morgan fingerprint density at radius 1 is 1.22 bits per heavy atom. The third kappa shape index (κ3) is 4.49. The van der Waals surface area contributed by atoms with Gasteiger partial charge in [-0.3, -0.25) is 4.79 Å². The topological polar surface area (TPSA) is 81.9 Å². The fourth-order valence-electron chi connectivity index (χ4n) is 2.68. The van der Waals surface area contributed by atoms with Crippen LogP contribution >= 0.6 is 0 Å². The van der Waals surface area contributed by atoms with Crippen LogP contribution in [0.3, 0.4) is 0 Å². The molecule has 0 saturated heterocycles.